The quantitative estimate of drug-likeness (QED) is 0.856. The second-order valence-electron chi connectivity index (χ2n) is 3.03. The molecular formula is C10H12BrF2NO. The van der Waals surface area contributed by atoms with E-state index < -0.39 is 11.6 Å². The third-order valence-electron chi connectivity index (χ3n) is 2.04. The Labute approximate surface area is 95.8 Å². The van der Waals surface area contributed by atoms with Gasteiger partial charge in [0.2, 0.25) is 5.82 Å². The molecule has 1 rings (SSSR count). The van der Waals surface area contributed by atoms with Gasteiger partial charge in [-0.05, 0) is 47.6 Å². The first-order valence-corrected chi connectivity index (χ1v) is 5.26. The summed E-state index contributed by atoms with van der Waals surface area (Å²) in [6.07, 6.45) is 0.432. The summed E-state index contributed by atoms with van der Waals surface area (Å²) < 4.78 is 32.0. The van der Waals surface area contributed by atoms with Gasteiger partial charge in [-0.1, -0.05) is 0 Å². The molecule has 0 unspecified atom stereocenters. The summed E-state index contributed by atoms with van der Waals surface area (Å²) in [4.78, 5) is 0. The first-order chi connectivity index (χ1) is 7.11. The Kier molecular flexibility index (Phi) is 4.47. The van der Waals surface area contributed by atoms with E-state index in [1.807, 2.05) is 0 Å². The number of likely N-dealkylation sites (N-methyl/N-ethyl adjacent to an activating group) is 1. The molecule has 0 atom stereocenters. The highest BCUT2D eigenvalue weighted by molar-refractivity contribution is 9.10. The summed E-state index contributed by atoms with van der Waals surface area (Å²) in [5.41, 5.74) is 0.328. The lowest BCUT2D eigenvalue weighted by molar-refractivity contribution is 0.367. The van der Waals surface area contributed by atoms with Crippen molar-refractivity contribution in [2.45, 2.75) is 6.42 Å². The van der Waals surface area contributed by atoms with Crippen LogP contribution in [0.2, 0.25) is 0 Å². The second kappa shape index (κ2) is 5.42. The van der Waals surface area contributed by atoms with Gasteiger partial charge in [0.1, 0.15) is 0 Å². The Balaban J connectivity index is 3.10. The summed E-state index contributed by atoms with van der Waals surface area (Å²) in [5.74, 6) is -1.89. The normalized spacial score (nSPS) is 10.5. The van der Waals surface area contributed by atoms with E-state index in [0.717, 1.165) is 0 Å². The van der Waals surface area contributed by atoms with Crippen LogP contribution in [0.15, 0.2) is 10.5 Å². The largest absolute Gasteiger partial charge is 0.492 e. The van der Waals surface area contributed by atoms with Gasteiger partial charge in [-0.25, -0.2) is 4.39 Å². The molecule has 0 aromatic heterocycles. The monoisotopic (exact) mass is 279 g/mol. The van der Waals surface area contributed by atoms with Crippen LogP contribution < -0.4 is 10.1 Å². The summed E-state index contributed by atoms with van der Waals surface area (Å²) in [5, 5.41) is 2.88. The number of rotatable bonds is 4. The van der Waals surface area contributed by atoms with Gasteiger partial charge in [0.05, 0.1) is 11.6 Å². The van der Waals surface area contributed by atoms with E-state index in [1.165, 1.54) is 13.2 Å². The van der Waals surface area contributed by atoms with E-state index >= 15 is 0 Å². The van der Waals surface area contributed by atoms with E-state index in [-0.39, 0.29) is 5.75 Å². The number of hydrogen-bond donors (Lipinski definition) is 1. The Morgan fingerprint density at radius 1 is 1.40 bits per heavy atom. The number of halogens is 3. The average molecular weight is 280 g/mol. The highest BCUT2D eigenvalue weighted by Crippen LogP contribution is 2.31. The highest BCUT2D eigenvalue weighted by Gasteiger charge is 2.17. The van der Waals surface area contributed by atoms with Crippen molar-refractivity contribution >= 4 is 15.9 Å². The van der Waals surface area contributed by atoms with Crippen molar-refractivity contribution in [3.8, 4) is 5.75 Å². The molecule has 1 aromatic carbocycles. The van der Waals surface area contributed by atoms with Crippen LogP contribution in [0, 0.1) is 11.6 Å². The smallest absolute Gasteiger partial charge is 0.202 e. The SMILES string of the molecule is CNCCc1cc(Br)c(OC)c(F)c1F. The zero-order valence-corrected chi connectivity index (χ0v) is 10.1. The lowest BCUT2D eigenvalue weighted by atomic mass is 10.1. The molecule has 0 radical (unpaired) electrons. The molecule has 84 valence electrons. The number of nitrogens with one attached hydrogen (secondary N) is 1. The van der Waals surface area contributed by atoms with Crippen LogP contribution in [-0.2, 0) is 6.42 Å². The molecule has 0 aliphatic carbocycles. The molecule has 1 aromatic rings. The van der Waals surface area contributed by atoms with Crippen molar-refractivity contribution in [3.05, 3.63) is 27.7 Å². The van der Waals surface area contributed by atoms with Crippen LogP contribution in [0.5, 0.6) is 5.75 Å². The van der Waals surface area contributed by atoms with E-state index in [1.54, 1.807) is 7.05 Å². The summed E-state index contributed by atoms with van der Waals surface area (Å²) >= 11 is 3.13. The van der Waals surface area contributed by atoms with E-state index in [4.69, 9.17) is 4.74 Å². The molecule has 0 saturated carbocycles. The maximum absolute atomic E-state index is 13.4. The van der Waals surface area contributed by atoms with Crippen molar-refractivity contribution in [1.82, 2.24) is 5.32 Å². The molecule has 5 heteroatoms. The van der Waals surface area contributed by atoms with Crippen molar-refractivity contribution in [2.24, 2.45) is 0 Å². The Bertz CT molecular complexity index is 358. The van der Waals surface area contributed by atoms with Crippen LogP contribution in [0.1, 0.15) is 5.56 Å². The average Bonchev–Trinajstić information content (AvgIpc) is 2.22. The van der Waals surface area contributed by atoms with Gasteiger partial charge in [-0.3, -0.25) is 0 Å². The molecule has 0 heterocycles. The fraction of sp³-hybridized carbons (Fsp3) is 0.400. The molecule has 0 aliphatic rings. The third kappa shape index (κ3) is 2.66. The van der Waals surface area contributed by atoms with Crippen LogP contribution in [0.25, 0.3) is 0 Å². The molecule has 1 N–H and O–H groups in total. The molecule has 0 amide bonds. The van der Waals surface area contributed by atoms with Gasteiger partial charge < -0.3 is 10.1 Å². The van der Waals surface area contributed by atoms with Gasteiger partial charge in [0.25, 0.3) is 0 Å². The second-order valence-corrected chi connectivity index (χ2v) is 3.89. The Morgan fingerprint density at radius 3 is 2.60 bits per heavy atom. The van der Waals surface area contributed by atoms with Crippen LogP contribution in [0.4, 0.5) is 8.78 Å². The van der Waals surface area contributed by atoms with Gasteiger partial charge in [0.15, 0.2) is 11.6 Å². The third-order valence-corrected chi connectivity index (χ3v) is 2.63. The predicted octanol–water partition coefficient (Wildman–Crippen LogP) is 2.50. The summed E-state index contributed by atoms with van der Waals surface area (Å²) in [6.45, 7) is 0.592. The zero-order valence-electron chi connectivity index (χ0n) is 8.53. The van der Waals surface area contributed by atoms with Crippen LogP contribution in [-0.4, -0.2) is 20.7 Å². The molecule has 0 spiro atoms. The topological polar surface area (TPSA) is 21.3 Å². The van der Waals surface area contributed by atoms with Crippen molar-refractivity contribution in [3.63, 3.8) is 0 Å². The highest BCUT2D eigenvalue weighted by atomic mass is 79.9. The van der Waals surface area contributed by atoms with Gasteiger partial charge in [0, 0.05) is 0 Å². The summed E-state index contributed by atoms with van der Waals surface area (Å²) in [6, 6.07) is 1.54. The predicted molar refractivity (Wildman–Crippen MR) is 58.2 cm³/mol. The first kappa shape index (κ1) is 12.4. The minimum absolute atomic E-state index is 0.0966. The minimum atomic E-state index is -0.946. The van der Waals surface area contributed by atoms with Crippen molar-refractivity contribution < 1.29 is 13.5 Å². The number of ether oxygens (including phenoxy) is 1. The maximum atomic E-state index is 13.4. The number of hydrogen-bond acceptors (Lipinski definition) is 2. The van der Waals surface area contributed by atoms with Crippen LogP contribution >= 0.6 is 15.9 Å². The maximum Gasteiger partial charge on any atom is 0.202 e. The van der Waals surface area contributed by atoms with Crippen molar-refractivity contribution in [1.29, 1.82) is 0 Å². The van der Waals surface area contributed by atoms with E-state index in [2.05, 4.69) is 21.2 Å². The van der Waals surface area contributed by atoms with Crippen LogP contribution in [0.3, 0.4) is 0 Å². The van der Waals surface area contributed by atoms with Gasteiger partial charge in [-0.2, -0.15) is 4.39 Å². The van der Waals surface area contributed by atoms with Crippen molar-refractivity contribution in [2.75, 3.05) is 20.7 Å². The fourth-order valence-corrected chi connectivity index (χ4v) is 1.87. The molecular weight excluding hydrogens is 268 g/mol. The zero-order chi connectivity index (χ0) is 11.4. The molecule has 0 bridgehead atoms. The Morgan fingerprint density at radius 2 is 2.07 bits per heavy atom. The number of benzene rings is 1. The number of methoxy groups -OCH3 is 1. The molecule has 0 fully saturated rings. The molecule has 0 aliphatic heterocycles. The molecule has 15 heavy (non-hydrogen) atoms. The lowest BCUT2D eigenvalue weighted by Crippen LogP contribution is -2.12. The fourth-order valence-electron chi connectivity index (χ4n) is 1.26. The minimum Gasteiger partial charge on any atom is -0.492 e. The van der Waals surface area contributed by atoms with E-state index in [0.29, 0.717) is 23.0 Å². The molecule has 2 nitrogen and oxygen atoms in total. The van der Waals surface area contributed by atoms with E-state index in [9.17, 15) is 8.78 Å². The van der Waals surface area contributed by atoms with Gasteiger partial charge >= 0.3 is 0 Å². The standard InChI is InChI=1S/C10H12BrF2NO/c1-14-4-3-6-5-7(11)10(15-2)9(13)8(6)12/h5,14H,3-4H2,1-2H3. The Hall–Kier alpha value is -0.680. The first-order valence-electron chi connectivity index (χ1n) is 4.46. The molecule has 0 saturated heterocycles. The summed E-state index contributed by atoms with van der Waals surface area (Å²) in [7, 11) is 3.06. The van der Waals surface area contributed by atoms with Gasteiger partial charge in [-0.15, -0.1) is 0 Å². The lowest BCUT2D eigenvalue weighted by Gasteiger charge is -2.09.